The number of aromatic nitrogens is 2. The molecular weight excluding hydrogens is 242 g/mol. The van der Waals surface area contributed by atoms with Gasteiger partial charge in [0.2, 0.25) is 0 Å². The second kappa shape index (κ2) is 6.03. The van der Waals surface area contributed by atoms with Crippen molar-refractivity contribution >= 4 is 0 Å². The lowest BCUT2D eigenvalue weighted by molar-refractivity contribution is -0.0779. The van der Waals surface area contributed by atoms with Crippen LogP contribution in [0.3, 0.4) is 0 Å². The molecule has 5 heteroatoms. The first-order valence-corrected chi connectivity index (χ1v) is 6.99. The SMILES string of the molecule is CC(C)n1cncc1CN(C)CC1(O)CCOCC1. The Morgan fingerprint density at radius 2 is 2.16 bits per heavy atom. The number of hydrogen-bond donors (Lipinski definition) is 1. The van der Waals surface area contributed by atoms with E-state index in [1.807, 2.05) is 19.6 Å². The molecule has 0 radical (unpaired) electrons. The third kappa shape index (κ3) is 3.78. The van der Waals surface area contributed by atoms with Crippen LogP contribution in [0.1, 0.15) is 38.4 Å². The second-order valence-corrected chi connectivity index (χ2v) is 5.90. The van der Waals surface area contributed by atoms with Crippen molar-refractivity contribution in [3.05, 3.63) is 18.2 Å². The van der Waals surface area contributed by atoms with Crippen molar-refractivity contribution in [3.63, 3.8) is 0 Å². The Morgan fingerprint density at radius 3 is 2.79 bits per heavy atom. The van der Waals surface area contributed by atoms with Gasteiger partial charge in [0.25, 0.3) is 0 Å². The van der Waals surface area contributed by atoms with Gasteiger partial charge in [-0.1, -0.05) is 0 Å². The van der Waals surface area contributed by atoms with Crippen LogP contribution in [-0.2, 0) is 11.3 Å². The molecule has 0 unspecified atom stereocenters. The third-order valence-corrected chi connectivity index (χ3v) is 3.72. The van der Waals surface area contributed by atoms with E-state index in [1.165, 1.54) is 5.69 Å². The number of nitrogens with zero attached hydrogens (tertiary/aromatic N) is 3. The second-order valence-electron chi connectivity index (χ2n) is 5.90. The van der Waals surface area contributed by atoms with Crippen LogP contribution in [0.25, 0.3) is 0 Å². The first kappa shape index (κ1) is 14.5. The van der Waals surface area contributed by atoms with E-state index < -0.39 is 5.60 Å². The number of ether oxygens (including phenoxy) is 1. The predicted molar refractivity (Wildman–Crippen MR) is 73.9 cm³/mol. The molecule has 0 saturated carbocycles. The fourth-order valence-electron chi connectivity index (χ4n) is 2.66. The maximum absolute atomic E-state index is 10.5. The Hall–Kier alpha value is -0.910. The summed E-state index contributed by atoms with van der Waals surface area (Å²) in [6, 6.07) is 0.414. The van der Waals surface area contributed by atoms with Gasteiger partial charge in [0.1, 0.15) is 0 Å². The summed E-state index contributed by atoms with van der Waals surface area (Å²) in [5.74, 6) is 0. The number of hydrogen-bond acceptors (Lipinski definition) is 4. The molecule has 1 aliphatic rings. The smallest absolute Gasteiger partial charge is 0.0951 e. The van der Waals surface area contributed by atoms with Gasteiger partial charge in [-0.25, -0.2) is 4.98 Å². The summed E-state index contributed by atoms with van der Waals surface area (Å²) < 4.78 is 7.48. The first-order valence-electron chi connectivity index (χ1n) is 6.99. The van der Waals surface area contributed by atoms with Crippen molar-refractivity contribution < 1.29 is 9.84 Å². The van der Waals surface area contributed by atoms with Gasteiger partial charge in [0.05, 0.1) is 17.6 Å². The molecule has 1 aromatic heterocycles. The highest BCUT2D eigenvalue weighted by Crippen LogP contribution is 2.22. The average Bonchev–Trinajstić information content (AvgIpc) is 2.77. The Bertz CT molecular complexity index is 397. The maximum Gasteiger partial charge on any atom is 0.0951 e. The minimum atomic E-state index is -0.602. The molecule has 0 aliphatic carbocycles. The minimum absolute atomic E-state index is 0.414. The number of imidazole rings is 1. The lowest BCUT2D eigenvalue weighted by Gasteiger charge is -2.35. The molecule has 19 heavy (non-hydrogen) atoms. The Morgan fingerprint density at radius 1 is 1.47 bits per heavy atom. The Balaban J connectivity index is 1.93. The standard InChI is InChI=1S/C14H25N3O2/c1-12(2)17-11-15-8-13(17)9-16(3)10-14(18)4-6-19-7-5-14/h8,11-12,18H,4-7,9-10H2,1-3H3. The quantitative estimate of drug-likeness (QED) is 0.877. The molecule has 0 aromatic carbocycles. The summed E-state index contributed by atoms with van der Waals surface area (Å²) >= 11 is 0. The normalized spacial score (nSPS) is 19.3. The van der Waals surface area contributed by atoms with Crippen LogP contribution in [0.15, 0.2) is 12.5 Å². The molecule has 0 spiro atoms. The number of aliphatic hydroxyl groups is 1. The fourth-order valence-corrected chi connectivity index (χ4v) is 2.66. The van der Waals surface area contributed by atoms with Gasteiger partial charge in [-0.05, 0) is 20.9 Å². The third-order valence-electron chi connectivity index (χ3n) is 3.72. The van der Waals surface area contributed by atoms with Crippen LogP contribution < -0.4 is 0 Å². The van der Waals surface area contributed by atoms with Crippen molar-refractivity contribution in [1.82, 2.24) is 14.5 Å². The van der Waals surface area contributed by atoms with Gasteiger partial charge in [-0.15, -0.1) is 0 Å². The van der Waals surface area contributed by atoms with E-state index in [9.17, 15) is 5.11 Å². The summed E-state index contributed by atoms with van der Waals surface area (Å²) in [6.45, 7) is 7.11. The summed E-state index contributed by atoms with van der Waals surface area (Å²) in [7, 11) is 2.05. The number of likely N-dealkylation sites (N-methyl/N-ethyl adjacent to an activating group) is 1. The molecule has 1 fully saturated rings. The van der Waals surface area contributed by atoms with Gasteiger partial charge < -0.3 is 14.4 Å². The predicted octanol–water partition coefficient (Wildman–Crippen LogP) is 1.44. The topological polar surface area (TPSA) is 50.5 Å². The van der Waals surface area contributed by atoms with Crippen molar-refractivity contribution in [2.75, 3.05) is 26.8 Å². The highest BCUT2D eigenvalue weighted by molar-refractivity contribution is 5.00. The molecule has 1 aromatic rings. The first-order chi connectivity index (χ1) is 9.00. The summed E-state index contributed by atoms with van der Waals surface area (Å²) in [5.41, 5.74) is 0.587. The van der Waals surface area contributed by atoms with E-state index >= 15 is 0 Å². The van der Waals surface area contributed by atoms with Crippen molar-refractivity contribution in [2.45, 2.75) is 44.9 Å². The monoisotopic (exact) mass is 267 g/mol. The van der Waals surface area contributed by atoms with Gasteiger partial charge in [0, 0.05) is 51.4 Å². The Labute approximate surface area is 115 Å². The molecule has 0 atom stereocenters. The lowest BCUT2D eigenvalue weighted by Crippen LogP contribution is -2.45. The van der Waals surface area contributed by atoms with Gasteiger partial charge in [0.15, 0.2) is 0 Å². The van der Waals surface area contributed by atoms with Crippen molar-refractivity contribution in [3.8, 4) is 0 Å². The van der Waals surface area contributed by atoms with E-state index in [1.54, 1.807) is 0 Å². The van der Waals surface area contributed by atoms with Crippen LogP contribution >= 0.6 is 0 Å². The molecule has 2 heterocycles. The van der Waals surface area contributed by atoms with Crippen LogP contribution in [0, 0.1) is 0 Å². The zero-order chi connectivity index (χ0) is 13.9. The summed E-state index contributed by atoms with van der Waals surface area (Å²) in [5, 5.41) is 10.5. The molecule has 0 amide bonds. The van der Waals surface area contributed by atoms with E-state index in [2.05, 4.69) is 28.3 Å². The highest BCUT2D eigenvalue weighted by Gasteiger charge is 2.31. The lowest BCUT2D eigenvalue weighted by atomic mass is 9.94. The molecule has 1 aliphatic heterocycles. The van der Waals surface area contributed by atoms with E-state index in [0.717, 1.165) is 19.4 Å². The molecule has 2 rings (SSSR count). The summed E-state index contributed by atoms with van der Waals surface area (Å²) in [4.78, 5) is 6.38. The largest absolute Gasteiger partial charge is 0.388 e. The van der Waals surface area contributed by atoms with Crippen molar-refractivity contribution in [1.29, 1.82) is 0 Å². The van der Waals surface area contributed by atoms with Gasteiger partial charge >= 0.3 is 0 Å². The van der Waals surface area contributed by atoms with Gasteiger partial charge in [-0.3, -0.25) is 4.90 Å². The molecular formula is C14H25N3O2. The van der Waals surface area contributed by atoms with E-state index in [0.29, 0.717) is 25.8 Å². The fraction of sp³-hybridized carbons (Fsp3) is 0.786. The number of rotatable bonds is 5. The Kier molecular flexibility index (Phi) is 4.60. The zero-order valence-corrected chi connectivity index (χ0v) is 12.2. The zero-order valence-electron chi connectivity index (χ0n) is 12.2. The molecule has 5 nitrogen and oxygen atoms in total. The van der Waals surface area contributed by atoms with Crippen LogP contribution in [-0.4, -0.2) is 52.0 Å². The van der Waals surface area contributed by atoms with Crippen molar-refractivity contribution in [2.24, 2.45) is 0 Å². The van der Waals surface area contributed by atoms with Gasteiger partial charge in [-0.2, -0.15) is 0 Å². The highest BCUT2D eigenvalue weighted by atomic mass is 16.5. The maximum atomic E-state index is 10.5. The molecule has 1 N–H and O–H groups in total. The average molecular weight is 267 g/mol. The molecule has 108 valence electrons. The van der Waals surface area contributed by atoms with Crippen LogP contribution in [0.2, 0.25) is 0 Å². The minimum Gasteiger partial charge on any atom is -0.388 e. The van der Waals surface area contributed by atoms with E-state index in [-0.39, 0.29) is 0 Å². The molecule has 1 saturated heterocycles. The van der Waals surface area contributed by atoms with Crippen LogP contribution in [0.5, 0.6) is 0 Å². The molecule has 0 bridgehead atoms. The summed E-state index contributed by atoms with van der Waals surface area (Å²) in [6.07, 6.45) is 5.23. The van der Waals surface area contributed by atoms with Crippen LogP contribution in [0.4, 0.5) is 0 Å². The van der Waals surface area contributed by atoms with E-state index in [4.69, 9.17) is 4.74 Å².